The van der Waals surface area contributed by atoms with Crippen LogP contribution in [0.3, 0.4) is 0 Å². The number of rotatable bonds is 4. The number of nitrogens with zero attached hydrogens (tertiary/aromatic N) is 4. The fraction of sp³-hybridized carbons (Fsp3) is 0.158. The molecule has 1 N–H and O–H groups in total. The molecule has 130 valence electrons. The number of hydrogen-bond donors (Lipinski definition) is 1. The first-order valence-electron chi connectivity index (χ1n) is 8.12. The molecule has 0 saturated heterocycles. The third-order valence-corrected chi connectivity index (χ3v) is 5.34. The van der Waals surface area contributed by atoms with Crippen LogP contribution in [0.5, 0.6) is 5.75 Å². The van der Waals surface area contributed by atoms with Gasteiger partial charge in [-0.05, 0) is 64.1 Å². The molecule has 7 heteroatoms. The minimum Gasteiger partial charge on any atom is -0.496 e. The van der Waals surface area contributed by atoms with Crippen molar-refractivity contribution in [2.45, 2.75) is 13.8 Å². The highest BCUT2D eigenvalue weighted by Crippen LogP contribution is 2.38. The van der Waals surface area contributed by atoms with Gasteiger partial charge in [0.25, 0.3) is 0 Å². The fourth-order valence-corrected chi connectivity index (χ4v) is 3.67. The molecular formula is C19H17N5OS. The Kier molecular flexibility index (Phi) is 4.22. The van der Waals surface area contributed by atoms with Crippen LogP contribution in [0, 0.1) is 13.8 Å². The lowest BCUT2D eigenvalue weighted by Gasteiger charge is -2.11. The second-order valence-electron chi connectivity index (χ2n) is 6.02. The van der Waals surface area contributed by atoms with Gasteiger partial charge in [-0.3, -0.25) is 0 Å². The molecule has 0 aliphatic carbocycles. The molecule has 0 fully saturated rings. The highest BCUT2D eigenvalue weighted by Gasteiger charge is 2.14. The Morgan fingerprint density at radius 2 is 1.77 bits per heavy atom. The van der Waals surface area contributed by atoms with Crippen LogP contribution >= 0.6 is 11.5 Å². The van der Waals surface area contributed by atoms with Crippen molar-refractivity contribution in [3.63, 3.8) is 0 Å². The van der Waals surface area contributed by atoms with Crippen molar-refractivity contribution in [1.29, 1.82) is 0 Å². The molecule has 0 aliphatic heterocycles. The Bertz CT molecular complexity index is 1040. The van der Waals surface area contributed by atoms with Crippen molar-refractivity contribution >= 4 is 11.5 Å². The predicted octanol–water partition coefficient (Wildman–Crippen LogP) is 4.28. The van der Waals surface area contributed by atoms with Gasteiger partial charge in [0, 0.05) is 17.3 Å². The molecule has 0 bridgehead atoms. The Balaban J connectivity index is 1.75. The molecule has 0 spiro atoms. The second kappa shape index (κ2) is 6.68. The monoisotopic (exact) mass is 363 g/mol. The average Bonchev–Trinajstić information content (AvgIpc) is 3.36. The summed E-state index contributed by atoms with van der Waals surface area (Å²) in [6.45, 7) is 4.17. The Morgan fingerprint density at radius 1 is 1.00 bits per heavy atom. The van der Waals surface area contributed by atoms with Crippen LogP contribution in [-0.4, -0.2) is 32.1 Å². The first-order chi connectivity index (χ1) is 12.7. The van der Waals surface area contributed by atoms with Crippen molar-refractivity contribution in [3.8, 4) is 38.7 Å². The Morgan fingerprint density at radius 3 is 2.46 bits per heavy atom. The van der Waals surface area contributed by atoms with Crippen molar-refractivity contribution in [3.05, 3.63) is 53.7 Å². The number of methoxy groups -OCH3 is 1. The standard InChI is InChI=1S/C19H17N5OS/c1-11-8-15(9-17(25-3)12(11)2)18-16(10-20-26-18)13-4-6-14(7-5-13)19-21-23-24-22-19/h4-10H,1-3H3,(H,21,22,23,24). The molecule has 4 aromatic rings. The van der Waals surface area contributed by atoms with E-state index in [1.54, 1.807) is 7.11 Å². The van der Waals surface area contributed by atoms with E-state index in [-0.39, 0.29) is 0 Å². The summed E-state index contributed by atoms with van der Waals surface area (Å²) in [5.74, 6) is 1.55. The average molecular weight is 363 g/mol. The third-order valence-electron chi connectivity index (χ3n) is 4.49. The topological polar surface area (TPSA) is 76.6 Å². The van der Waals surface area contributed by atoms with Gasteiger partial charge in [0.1, 0.15) is 5.75 Å². The zero-order valence-electron chi connectivity index (χ0n) is 14.6. The van der Waals surface area contributed by atoms with E-state index in [9.17, 15) is 0 Å². The largest absolute Gasteiger partial charge is 0.496 e. The summed E-state index contributed by atoms with van der Waals surface area (Å²) >= 11 is 1.49. The third kappa shape index (κ3) is 2.86. The van der Waals surface area contributed by atoms with E-state index in [2.05, 4.69) is 63.1 Å². The second-order valence-corrected chi connectivity index (χ2v) is 6.82. The van der Waals surface area contributed by atoms with Gasteiger partial charge in [0.2, 0.25) is 0 Å². The lowest BCUT2D eigenvalue weighted by atomic mass is 9.99. The van der Waals surface area contributed by atoms with E-state index in [0.29, 0.717) is 5.82 Å². The molecular weight excluding hydrogens is 346 g/mol. The number of nitrogens with one attached hydrogen (secondary N) is 1. The number of benzene rings is 2. The summed E-state index contributed by atoms with van der Waals surface area (Å²) in [5.41, 5.74) is 6.62. The van der Waals surface area contributed by atoms with Crippen molar-refractivity contribution in [2.75, 3.05) is 7.11 Å². The van der Waals surface area contributed by atoms with Crippen LogP contribution in [0.15, 0.2) is 42.6 Å². The Labute approximate surface area is 155 Å². The summed E-state index contributed by atoms with van der Waals surface area (Å²) in [5, 5.41) is 13.9. The van der Waals surface area contributed by atoms with Crippen molar-refractivity contribution in [2.24, 2.45) is 0 Å². The molecule has 2 aromatic carbocycles. The Hall–Kier alpha value is -3.06. The van der Waals surface area contributed by atoms with Crippen LogP contribution in [0.2, 0.25) is 0 Å². The summed E-state index contributed by atoms with van der Waals surface area (Å²) < 4.78 is 9.95. The number of hydrogen-bond acceptors (Lipinski definition) is 6. The first kappa shape index (κ1) is 16.4. The van der Waals surface area contributed by atoms with Gasteiger partial charge in [-0.2, -0.15) is 4.37 Å². The lowest BCUT2D eigenvalue weighted by Crippen LogP contribution is -1.91. The van der Waals surface area contributed by atoms with Crippen molar-refractivity contribution in [1.82, 2.24) is 25.0 Å². The zero-order valence-corrected chi connectivity index (χ0v) is 15.5. The van der Waals surface area contributed by atoms with E-state index in [4.69, 9.17) is 4.74 Å². The zero-order chi connectivity index (χ0) is 18.1. The maximum atomic E-state index is 5.53. The quantitative estimate of drug-likeness (QED) is 0.585. The van der Waals surface area contributed by atoms with Gasteiger partial charge in [0.15, 0.2) is 5.82 Å². The summed E-state index contributed by atoms with van der Waals surface area (Å²) in [4.78, 5) is 1.13. The normalized spacial score (nSPS) is 10.9. The number of H-pyrrole nitrogens is 1. The molecule has 0 aliphatic rings. The predicted molar refractivity (Wildman–Crippen MR) is 102 cm³/mol. The maximum absolute atomic E-state index is 5.53. The number of ether oxygens (including phenoxy) is 1. The number of aromatic nitrogens is 5. The number of aromatic amines is 1. The SMILES string of the molecule is COc1cc(-c2sncc2-c2ccc(-c3nnn[nH]3)cc2)cc(C)c1C. The molecule has 0 saturated carbocycles. The fourth-order valence-electron chi connectivity index (χ4n) is 2.91. The molecule has 0 amide bonds. The van der Waals surface area contributed by atoms with Crippen LogP contribution in [0.4, 0.5) is 0 Å². The minimum absolute atomic E-state index is 0.652. The van der Waals surface area contributed by atoms with Crippen LogP contribution in [-0.2, 0) is 0 Å². The summed E-state index contributed by atoms with van der Waals surface area (Å²) in [6, 6.07) is 12.4. The van der Waals surface area contributed by atoms with E-state index < -0.39 is 0 Å². The molecule has 2 aromatic heterocycles. The van der Waals surface area contributed by atoms with Gasteiger partial charge >= 0.3 is 0 Å². The number of aryl methyl sites for hydroxylation is 1. The van der Waals surface area contributed by atoms with Crippen LogP contribution in [0.25, 0.3) is 33.0 Å². The van der Waals surface area contributed by atoms with E-state index in [1.165, 1.54) is 17.1 Å². The molecule has 0 unspecified atom stereocenters. The van der Waals surface area contributed by atoms with Crippen molar-refractivity contribution < 1.29 is 4.74 Å². The van der Waals surface area contributed by atoms with E-state index in [1.807, 2.05) is 18.3 Å². The van der Waals surface area contributed by atoms with Gasteiger partial charge in [-0.25, -0.2) is 5.10 Å². The lowest BCUT2D eigenvalue weighted by molar-refractivity contribution is 0.411. The van der Waals surface area contributed by atoms with Crippen LogP contribution < -0.4 is 4.74 Å². The summed E-state index contributed by atoms with van der Waals surface area (Å²) in [6.07, 6.45) is 1.91. The molecule has 2 heterocycles. The maximum Gasteiger partial charge on any atom is 0.179 e. The molecule has 0 radical (unpaired) electrons. The van der Waals surface area contributed by atoms with Gasteiger partial charge in [0.05, 0.1) is 12.0 Å². The molecule has 4 rings (SSSR count). The number of tetrazole rings is 1. The smallest absolute Gasteiger partial charge is 0.179 e. The van der Waals surface area contributed by atoms with Gasteiger partial charge in [-0.15, -0.1) is 5.10 Å². The molecule has 26 heavy (non-hydrogen) atoms. The van der Waals surface area contributed by atoms with Gasteiger partial charge < -0.3 is 4.74 Å². The highest BCUT2D eigenvalue weighted by molar-refractivity contribution is 7.10. The highest BCUT2D eigenvalue weighted by atomic mass is 32.1. The first-order valence-corrected chi connectivity index (χ1v) is 8.89. The van der Waals surface area contributed by atoms with Gasteiger partial charge in [-0.1, -0.05) is 30.3 Å². The summed E-state index contributed by atoms with van der Waals surface area (Å²) in [7, 11) is 1.70. The van der Waals surface area contributed by atoms with E-state index >= 15 is 0 Å². The van der Waals surface area contributed by atoms with E-state index in [0.717, 1.165) is 38.4 Å². The minimum atomic E-state index is 0.652. The van der Waals surface area contributed by atoms with Crippen LogP contribution in [0.1, 0.15) is 11.1 Å². The molecule has 0 atom stereocenters. The molecule has 6 nitrogen and oxygen atoms in total.